The van der Waals surface area contributed by atoms with Gasteiger partial charge in [-0.2, -0.15) is 5.10 Å². The van der Waals surface area contributed by atoms with E-state index in [1.54, 1.807) is 12.3 Å². The monoisotopic (exact) mass is 364 g/mol. The number of hydrogen-bond donors (Lipinski definition) is 2. The SMILES string of the molecule is CN(C)c1ncccc1CNC(=O)c1ccn(C2CCCNC2)n1.Cl. The van der Waals surface area contributed by atoms with Crippen LogP contribution in [-0.4, -0.2) is 47.9 Å². The second-order valence-electron chi connectivity index (χ2n) is 6.24. The number of anilines is 1. The zero-order valence-electron chi connectivity index (χ0n) is 14.6. The maximum atomic E-state index is 12.4. The number of carbonyl (C=O) groups is 1. The van der Waals surface area contributed by atoms with E-state index in [1.165, 1.54) is 0 Å². The van der Waals surface area contributed by atoms with Crippen molar-refractivity contribution in [3.8, 4) is 0 Å². The summed E-state index contributed by atoms with van der Waals surface area (Å²) in [5.41, 5.74) is 1.43. The molecule has 1 unspecified atom stereocenters. The predicted molar refractivity (Wildman–Crippen MR) is 100 cm³/mol. The molecule has 8 heteroatoms. The summed E-state index contributed by atoms with van der Waals surface area (Å²) in [5.74, 6) is 0.697. The van der Waals surface area contributed by atoms with Crippen LogP contribution in [-0.2, 0) is 6.54 Å². The Morgan fingerprint density at radius 2 is 2.28 bits per heavy atom. The molecule has 0 bridgehead atoms. The highest BCUT2D eigenvalue weighted by Crippen LogP contribution is 2.16. The average molecular weight is 365 g/mol. The van der Waals surface area contributed by atoms with Crippen LogP contribution in [0.25, 0.3) is 0 Å². The van der Waals surface area contributed by atoms with E-state index in [4.69, 9.17) is 0 Å². The second-order valence-corrected chi connectivity index (χ2v) is 6.24. The highest BCUT2D eigenvalue weighted by Gasteiger charge is 2.18. The smallest absolute Gasteiger partial charge is 0.272 e. The minimum Gasteiger partial charge on any atom is -0.362 e. The molecule has 1 atom stereocenters. The standard InChI is InChI=1S/C17H24N6O.ClH/c1-22(2)16-13(5-3-9-19-16)11-20-17(24)15-7-10-23(21-15)14-6-4-8-18-12-14;/h3,5,7,9-10,14,18H,4,6,8,11-12H2,1-2H3,(H,20,24);1H. The Balaban J connectivity index is 0.00000225. The minimum atomic E-state index is -0.161. The van der Waals surface area contributed by atoms with Crippen molar-refractivity contribution in [2.24, 2.45) is 0 Å². The molecule has 0 radical (unpaired) electrons. The van der Waals surface area contributed by atoms with Crippen molar-refractivity contribution in [2.75, 3.05) is 32.1 Å². The van der Waals surface area contributed by atoms with Crippen LogP contribution in [0.2, 0.25) is 0 Å². The van der Waals surface area contributed by atoms with Gasteiger partial charge in [-0.05, 0) is 31.5 Å². The lowest BCUT2D eigenvalue weighted by atomic mass is 10.1. The lowest BCUT2D eigenvalue weighted by Gasteiger charge is -2.22. The molecule has 1 saturated heterocycles. The highest BCUT2D eigenvalue weighted by molar-refractivity contribution is 5.92. The van der Waals surface area contributed by atoms with Crippen molar-refractivity contribution in [3.63, 3.8) is 0 Å². The van der Waals surface area contributed by atoms with Gasteiger partial charge in [0.1, 0.15) is 11.5 Å². The summed E-state index contributed by atoms with van der Waals surface area (Å²) < 4.78 is 1.90. The number of aromatic nitrogens is 3. The molecule has 0 aromatic carbocycles. The number of pyridine rings is 1. The first kappa shape index (κ1) is 19.2. The molecule has 2 N–H and O–H groups in total. The maximum Gasteiger partial charge on any atom is 0.272 e. The minimum absolute atomic E-state index is 0. The van der Waals surface area contributed by atoms with Gasteiger partial charge in [0.25, 0.3) is 5.91 Å². The molecule has 0 spiro atoms. The van der Waals surface area contributed by atoms with E-state index in [-0.39, 0.29) is 18.3 Å². The Hall–Kier alpha value is -2.12. The number of rotatable bonds is 5. The van der Waals surface area contributed by atoms with E-state index in [1.807, 2.05) is 42.0 Å². The summed E-state index contributed by atoms with van der Waals surface area (Å²) in [6.45, 7) is 2.40. The van der Waals surface area contributed by atoms with Crippen LogP contribution in [0, 0.1) is 0 Å². The third kappa shape index (κ3) is 4.70. The van der Waals surface area contributed by atoms with Gasteiger partial charge in [0.15, 0.2) is 0 Å². The molecule has 2 aromatic heterocycles. The number of hydrogen-bond acceptors (Lipinski definition) is 5. The van der Waals surface area contributed by atoms with Gasteiger partial charge in [-0.25, -0.2) is 4.98 Å². The van der Waals surface area contributed by atoms with Crippen molar-refractivity contribution in [3.05, 3.63) is 41.9 Å². The quantitative estimate of drug-likeness (QED) is 0.843. The molecule has 1 fully saturated rings. The van der Waals surface area contributed by atoms with Gasteiger partial charge in [-0.15, -0.1) is 12.4 Å². The third-order valence-corrected chi connectivity index (χ3v) is 4.22. The summed E-state index contributed by atoms with van der Waals surface area (Å²) in [6.07, 6.45) is 5.88. The van der Waals surface area contributed by atoms with Crippen LogP contribution < -0.4 is 15.5 Å². The zero-order valence-corrected chi connectivity index (χ0v) is 15.4. The first-order valence-corrected chi connectivity index (χ1v) is 8.30. The van der Waals surface area contributed by atoms with Crippen LogP contribution in [0.1, 0.15) is 34.9 Å². The Labute approximate surface area is 154 Å². The number of nitrogens with one attached hydrogen (secondary N) is 2. The summed E-state index contributed by atoms with van der Waals surface area (Å²) in [7, 11) is 3.88. The molecule has 3 heterocycles. The Morgan fingerprint density at radius 3 is 3.00 bits per heavy atom. The van der Waals surface area contributed by atoms with Gasteiger partial charge >= 0.3 is 0 Å². The maximum absolute atomic E-state index is 12.4. The topological polar surface area (TPSA) is 75.1 Å². The van der Waals surface area contributed by atoms with Crippen LogP contribution in [0.3, 0.4) is 0 Å². The molecule has 0 saturated carbocycles. The molecule has 2 aromatic rings. The fraction of sp³-hybridized carbons (Fsp3) is 0.471. The second kappa shape index (κ2) is 8.82. The first-order valence-electron chi connectivity index (χ1n) is 8.30. The van der Waals surface area contributed by atoms with E-state index in [0.29, 0.717) is 18.3 Å². The van der Waals surface area contributed by atoms with E-state index in [2.05, 4.69) is 20.7 Å². The van der Waals surface area contributed by atoms with Gasteiger partial charge in [0.2, 0.25) is 0 Å². The highest BCUT2D eigenvalue weighted by atomic mass is 35.5. The van der Waals surface area contributed by atoms with E-state index < -0.39 is 0 Å². The van der Waals surface area contributed by atoms with E-state index >= 15 is 0 Å². The lowest BCUT2D eigenvalue weighted by molar-refractivity contribution is 0.0944. The number of nitrogens with zero attached hydrogens (tertiary/aromatic N) is 4. The Bertz CT molecular complexity index is 696. The predicted octanol–water partition coefficient (Wildman–Crippen LogP) is 1.62. The Kier molecular flexibility index (Phi) is 6.78. The normalized spacial score (nSPS) is 16.8. The van der Waals surface area contributed by atoms with Gasteiger partial charge in [0.05, 0.1) is 6.04 Å². The molecule has 7 nitrogen and oxygen atoms in total. The largest absolute Gasteiger partial charge is 0.362 e. The summed E-state index contributed by atoms with van der Waals surface area (Å²) in [4.78, 5) is 18.6. The summed E-state index contributed by atoms with van der Waals surface area (Å²) in [6, 6.07) is 5.95. The van der Waals surface area contributed by atoms with Crippen molar-refractivity contribution >= 4 is 24.1 Å². The molecule has 1 aliphatic heterocycles. The Morgan fingerprint density at radius 1 is 1.44 bits per heavy atom. The summed E-state index contributed by atoms with van der Waals surface area (Å²) in [5, 5.41) is 10.7. The van der Waals surface area contributed by atoms with Crippen molar-refractivity contribution < 1.29 is 4.79 Å². The van der Waals surface area contributed by atoms with E-state index in [0.717, 1.165) is 37.3 Å². The van der Waals surface area contributed by atoms with Crippen molar-refractivity contribution in [1.29, 1.82) is 0 Å². The fourth-order valence-corrected chi connectivity index (χ4v) is 2.96. The molecule has 1 amide bonds. The average Bonchev–Trinajstić information content (AvgIpc) is 3.11. The van der Waals surface area contributed by atoms with Crippen LogP contribution in [0.5, 0.6) is 0 Å². The summed E-state index contributed by atoms with van der Waals surface area (Å²) >= 11 is 0. The molecule has 136 valence electrons. The fourth-order valence-electron chi connectivity index (χ4n) is 2.96. The lowest BCUT2D eigenvalue weighted by Crippen LogP contribution is -2.32. The third-order valence-electron chi connectivity index (χ3n) is 4.22. The van der Waals surface area contributed by atoms with Gasteiger partial charge in [-0.1, -0.05) is 6.07 Å². The van der Waals surface area contributed by atoms with Crippen LogP contribution in [0.15, 0.2) is 30.6 Å². The number of amides is 1. The van der Waals surface area contributed by atoms with Gasteiger partial charge < -0.3 is 15.5 Å². The molecular formula is C17H25ClN6O. The van der Waals surface area contributed by atoms with E-state index in [9.17, 15) is 4.79 Å². The number of carbonyl (C=O) groups excluding carboxylic acids is 1. The molecule has 1 aliphatic rings. The zero-order chi connectivity index (χ0) is 16.9. The molecule has 0 aliphatic carbocycles. The molecular weight excluding hydrogens is 340 g/mol. The van der Waals surface area contributed by atoms with Crippen LogP contribution in [0.4, 0.5) is 5.82 Å². The van der Waals surface area contributed by atoms with Gasteiger partial charge in [-0.3, -0.25) is 9.48 Å². The van der Waals surface area contributed by atoms with Crippen LogP contribution >= 0.6 is 12.4 Å². The molecule has 3 rings (SSSR count). The van der Waals surface area contributed by atoms with Crippen molar-refractivity contribution in [1.82, 2.24) is 25.4 Å². The number of piperidine rings is 1. The number of halogens is 1. The first-order chi connectivity index (χ1) is 11.6. The van der Waals surface area contributed by atoms with Crippen molar-refractivity contribution in [2.45, 2.75) is 25.4 Å². The molecule has 25 heavy (non-hydrogen) atoms. The van der Waals surface area contributed by atoms with Gasteiger partial charge in [0, 0.05) is 45.1 Å².